The number of amides is 1. The monoisotopic (exact) mass is 530 g/mol. The zero-order valence-corrected chi connectivity index (χ0v) is 19.9. The molecule has 2 aliphatic rings. The fourth-order valence-corrected chi connectivity index (χ4v) is 6.53. The number of anilines is 1. The molecule has 2 aromatic rings. The lowest BCUT2D eigenvalue weighted by Gasteiger charge is -2.41. The van der Waals surface area contributed by atoms with Crippen LogP contribution in [0.25, 0.3) is 11.1 Å². The number of hydroxylamine groups is 1. The van der Waals surface area contributed by atoms with E-state index in [1.54, 1.807) is 18.2 Å². The highest BCUT2D eigenvalue weighted by atomic mass is 32.2. The van der Waals surface area contributed by atoms with Crippen molar-refractivity contribution in [1.82, 2.24) is 14.8 Å². The highest BCUT2D eigenvalue weighted by Crippen LogP contribution is 2.34. The van der Waals surface area contributed by atoms with Crippen molar-refractivity contribution in [3.63, 3.8) is 0 Å². The van der Waals surface area contributed by atoms with Crippen LogP contribution in [-0.2, 0) is 19.6 Å². The number of pyridine rings is 1. The van der Waals surface area contributed by atoms with Crippen LogP contribution in [0.5, 0.6) is 5.75 Å². The van der Waals surface area contributed by atoms with Crippen molar-refractivity contribution >= 4 is 21.7 Å². The first kappa shape index (κ1) is 26.1. The average Bonchev–Trinajstić information content (AvgIpc) is 2.88. The molecule has 3 heterocycles. The fraction of sp³-hybridized carbons (Fsp3) is 0.455. The summed E-state index contributed by atoms with van der Waals surface area (Å²) in [6.07, 6.45) is -3.38. The van der Waals surface area contributed by atoms with Gasteiger partial charge >= 0.3 is 6.36 Å². The average molecular weight is 531 g/mol. The number of rotatable bonds is 6. The van der Waals surface area contributed by atoms with Crippen molar-refractivity contribution in [2.45, 2.75) is 24.0 Å². The van der Waals surface area contributed by atoms with E-state index in [2.05, 4.69) is 9.72 Å². The summed E-state index contributed by atoms with van der Waals surface area (Å²) in [5, 5.41) is 9.18. The van der Waals surface area contributed by atoms with Gasteiger partial charge in [-0.25, -0.2) is 18.9 Å². The van der Waals surface area contributed by atoms with E-state index in [9.17, 15) is 31.6 Å². The minimum Gasteiger partial charge on any atom is -0.406 e. The minimum absolute atomic E-state index is 0.0554. The summed E-state index contributed by atoms with van der Waals surface area (Å²) >= 11 is 0. The number of alkyl halides is 3. The van der Waals surface area contributed by atoms with Gasteiger partial charge < -0.3 is 14.4 Å². The number of benzene rings is 1. The van der Waals surface area contributed by atoms with Gasteiger partial charge in [0.2, 0.25) is 10.0 Å². The highest BCUT2D eigenvalue weighted by Gasteiger charge is 2.54. The molecule has 0 saturated carbocycles. The Morgan fingerprint density at radius 1 is 1.08 bits per heavy atom. The van der Waals surface area contributed by atoms with E-state index in [1.807, 2.05) is 4.90 Å². The SMILES string of the molecule is O=C(NO)C1(S(=O)(=O)N2CCN(c3ccc(-c4cccc(OC(F)(F)F)c4)cn3)CC2)CCOCC1. The lowest BCUT2D eigenvalue weighted by Crippen LogP contribution is -2.62. The number of hydrogen-bond donors (Lipinski definition) is 2. The van der Waals surface area contributed by atoms with Crippen molar-refractivity contribution in [2.75, 3.05) is 44.3 Å². The molecule has 10 nitrogen and oxygen atoms in total. The number of nitrogens with one attached hydrogen (secondary N) is 1. The van der Waals surface area contributed by atoms with Gasteiger partial charge in [0.25, 0.3) is 5.91 Å². The lowest BCUT2D eigenvalue weighted by atomic mass is 9.98. The number of aromatic nitrogens is 1. The maximum absolute atomic E-state index is 13.4. The normalized spacial score (nSPS) is 19.1. The summed E-state index contributed by atoms with van der Waals surface area (Å²) < 4.78 is 73.0. The maximum Gasteiger partial charge on any atom is 0.573 e. The molecule has 0 atom stereocenters. The molecule has 0 unspecified atom stereocenters. The Hall–Kier alpha value is -2.94. The van der Waals surface area contributed by atoms with Crippen molar-refractivity contribution in [2.24, 2.45) is 0 Å². The third-order valence-corrected chi connectivity index (χ3v) is 8.99. The quantitative estimate of drug-likeness (QED) is 0.431. The molecule has 2 saturated heterocycles. The zero-order valence-electron chi connectivity index (χ0n) is 19.1. The summed E-state index contributed by atoms with van der Waals surface area (Å²) in [5.41, 5.74) is 2.59. The summed E-state index contributed by atoms with van der Waals surface area (Å²) in [6.45, 7) is 1.04. The molecule has 14 heteroatoms. The second kappa shape index (κ2) is 10.2. The maximum atomic E-state index is 13.4. The van der Waals surface area contributed by atoms with Crippen LogP contribution in [0.1, 0.15) is 12.8 Å². The smallest absolute Gasteiger partial charge is 0.406 e. The Morgan fingerprint density at radius 3 is 2.36 bits per heavy atom. The molecular weight excluding hydrogens is 505 g/mol. The van der Waals surface area contributed by atoms with Crippen molar-refractivity contribution in [3.8, 4) is 16.9 Å². The molecule has 1 aromatic carbocycles. The van der Waals surface area contributed by atoms with Gasteiger partial charge in [0.15, 0.2) is 4.75 Å². The van der Waals surface area contributed by atoms with Gasteiger partial charge in [-0.1, -0.05) is 12.1 Å². The summed E-state index contributed by atoms with van der Waals surface area (Å²) in [6, 6.07) is 8.98. The van der Waals surface area contributed by atoms with E-state index in [-0.39, 0.29) is 44.9 Å². The molecule has 2 aliphatic heterocycles. The minimum atomic E-state index is -4.79. The predicted molar refractivity (Wildman–Crippen MR) is 122 cm³/mol. The van der Waals surface area contributed by atoms with E-state index in [0.717, 1.165) is 0 Å². The van der Waals surface area contributed by atoms with Crippen molar-refractivity contribution in [3.05, 3.63) is 42.6 Å². The molecule has 0 aliphatic carbocycles. The standard InChI is InChI=1S/C22H25F3N4O6S/c23-22(24,25)35-18-3-1-2-16(14-18)17-4-5-19(26-15-17)28-8-10-29(11-9-28)36(32,33)21(20(30)27-31)6-12-34-13-7-21/h1-5,14-15,31H,6-13H2,(H,27,30). The summed E-state index contributed by atoms with van der Waals surface area (Å²) in [7, 11) is -4.08. The summed E-state index contributed by atoms with van der Waals surface area (Å²) in [4.78, 5) is 18.7. The Labute approximate surface area is 205 Å². The van der Waals surface area contributed by atoms with Gasteiger partial charge in [-0.3, -0.25) is 10.0 Å². The van der Waals surface area contributed by atoms with Crippen LogP contribution >= 0.6 is 0 Å². The number of carbonyl (C=O) groups is 1. The van der Waals surface area contributed by atoms with Gasteiger partial charge in [0.1, 0.15) is 11.6 Å². The summed E-state index contributed by atoms with van der Waals surface area (Å²) in [5.74, 6) is -0.721. The van der Waals surface area contributed by atoms with Gasteiger partial charge in [-0.2, -0.15) is 4.31 Å². The molecular formula is C22H25F3N4O6S. The molecule has 0 spiro atoms. The largest absolute Gasteiger partial charge is 0.573 e. The molecule has 4 rings (SSSR count). The Kier molecular flexibility index (Phi) is 7.41. The third kappa shape index (κ3) is 5.26. The second-order valence-corrected chi connectivity index (χ2v) is 10.7. The number of carbonyl (C=O) groups excluding carboxylic acids is 1. The predicted octanol–water partition coefficient (Wildman–Crippen LogP) is 2.15. The zero-order chi connectivity index (χ0) is 26.0. The fourth-order valence-electron chi connectivity index (χ4n) is 4.43. The lowest BCUT2D eigenvalue weighted by molar-refractivity contribution is -0.274. The van der Waals surface area contributed by atoms with E-state index in [1.165, 1.54) is 34.2 Å². The molecule has 36 heavy (non-hydrogen) atoms. The van der Waals surface area contributed by atoms with Crippen LogP contribution in [0.2, 0.25) is 0 Å². The number of sulfonamides is 1. The van der Waals surface area contributed by atoms with Crippen molar-refractivity contribution in [1.29, 1.82) is 0 Å². The number of halogens is 3. The number of nitrogens with zero attached hydrogens (tertiary/aromatic N) is 3. The van der Waals surface area contributed by atoms with Crippen LogP contribution in [0.4, 0.5) is 19.0 Å². The molecule has 0 bridgehead atoms. The first-order valence-electron chi connectivity index (χ1n) is 11.1. The first-order chi connectivity index (χ1) is 17.1. The molecule has 1 aromatic heterocycles. The Morgan fingerprint density at radius 2 is 1.78 bits per heavy atom. The van der Waals surface area contributed by atoms with E-state index >= 15 is 0 Å². The molecule has 2 N–H and O–H groups in total. The van der Waals surface area contributed by atoms with Crippen molar-refractivity contribution < 1.29 is 41.1 Å². The van der Waals surface area contributed by atoms with Crippen LogP contribution in [0.15, 0.2) is 42.6 Å². The van der Waals surface area contributed by atoms with Gasteiger partial charge in [0.05, 0.1) is 0 Å². The van der Waals surface area contributed by atoms with Gasteiger partial charge in [0, 0.05) is 64.0 Å². The second-order valence-electron chi connectivity index (χ2n) is 8.42. The molecule has 0 radical (unpaired) electrons. The van der Waals surface area contributed by atoms with Gasteiger partial charge in [-0.15, -0.1) is 13.2 Å². The first-order valence-corrected chi connectivity index (χ1v) is 12.6. The number of hydrogen-bond acceptors (Lipinski definition) is 8. The Balaban J connectivity index is 1.44. The molecule has 2 fully saturated rings. The van der Waals surface area contributed by atoms with Gasteiger partial charge in [-0.05, 0) is 29.8 Å². The third-order valence-electron chi connectivity index (χ3n) is 6.36. The Bertz CT molecular complexity index is 1180. The topological polar surface area (TPSA) is 121 Å². The highest BCUT2D eigenvalue weighted by molar-refractivity contribution is 7.91. The van der Waals surface area contributed by atoms with E-state index in [0.29, 0.717) is 30.0 Å². The number of ether oxygens (including phenoxy) is 2. The van der Waals surface area contributed by atoms with E-state index < -0.39 is 27.0 Å². The molecule has 196 valence electrons. The van der Waals surface area contributed by atoms with Crippen LogP contribution in [0.3, 0.4) is 0 Å². The van der Waals surface area contributed by atoms with Crippen LogP contribution in [0, 0.1) is 0 Å². The van der Waals surface area contributed by atoms with Crippen LogP contribution in [-0.4, -0.2) is 79.3 Å². The van der Waals surface area contributed by atoms with E-state index in [4.69, 9.17) is 4.74 Å². The van der Waals surface area contributed by atoms with Crippen LogP contribution < -0.4 is 15.1 Å². The molecule has 1 amide bonds. The number of piperazine rings is 1.